The van der Waals surface area contributed by atoms with Crippen molar-refractivity contribution in [2.45, 2.75) is 83.3 Å². The van der Waals surface area contributed by atoms with Crippen LogP contribution < -0.4 is 20.0 Å². The highest BCUT2D eigenvalue weighted by Gasteiger charge is 2.45. The highest BCUT2D eigenvalue weighted by atomic mass is 19.3. The van der Waals surface area contributed by atoms with Crippen molar-refractivity contribution in [3.63, 3.8) is 0 Å². The van der Waals surface area contributed by atoms with Crippen LogP contribution in [0.3, 0.4) is 0 Å². The third-order valence-corrected chi connectivity index (χ3v) is 12.9. The maximum atomic E-state index is 15.0. The van der Waals surface area contributed by atoms with Gasteiger partial charge in [-0.25, -0.2) is 8.78 Å². The Bertz CT molecular complexity index is 2460. The van der Waals surface area contributed by atoms with Crippen LogP contribution >= 0.6 is 0 Å². The summed E-state index contributed by atoms with van der Waals surface area (Å²) >= 11 is 0. The summed E-state index contributed by atoms with van der Waals surface area (Å²) in [6, 6.07) is 9.57. The number of aryl methyl sites for hydroxylation is 1. The molecule has 2 aromatic heterocycles. The Balaban J connectivity index is 0.929. The van der Waals surface area contributed by atoms with Gasteiger partial charge in [0.05, 0.1) is 35.6 Å². The molecule has 0 radical (unpaired) electrons. The van der Waals surface area contributed by atoms with E-state index in [1.165, 1.54) is 0 Å². The number of nitrogens with zero attached hydrogens (tertiary/aromatic N) is 9. The zero-order chi connectivity index (χ0) is 40.7. The fourth-order valence-electron chi connectivity index (χ4n) is 9.85. The van der Waals surface area contributed by atoms with Crippen molar-refractivity contribution < 1.29 is 32.8 Å². The van der Waals surface area contributed by atoms with Crippen LogP contribution in [-0.2, 0) is 40.2 Å². The summed E-state index contributed by atoms with van der Waals surface area (Å²) in [5, 5.41) is 15.9. The van der Waals surface area contributed by atoms with E-state index in [9.17, 15) is 32.8 Å². The molecule has 0 spiro atoms. The van der Waals surface area contributed by atoms with Gasteiger partial charge in [0.1, 0.15) is 6.04 Å². The Hall–Kier alpha value is -6.26. The van der Waals surface area contributed by atoms with E-state index in [0.717, 1.165) is 58.7 Å². The molecule has 0 aliphatic carbocycles. The first-order valence-corrected chi connectivity index (χ1v) is 20.3. The van der Waals surface area contributed by atoms with Crippen molar-refractivity contribution in [1.82, 2.24) is 35.1 Å². The molecule has 2 fully saturated rings. The molecular formula is C42H42F2N10O5. The smallest absolute Gasteiger partial charge is 0.265 e. The van der Waals surface area contributed by atoms with Crippen molar-refractivity contribution in [1.29, 1.82) is 0 Å². The first-order valence-electron chi connectivity index (χ1n) is 20.3. The topological polar surface area (TPSA) is 157 Å². The van der Waals surface area contributed by atoms with Crippen LogP contribution in [0, 0.1) is 0 Å². The van der Waals surface area contributed by atoms with Gasteiger partial charge in [-0.3, -0.25) is 38.9 Å². The molecule has 1 N–H and O–H groups in total. The van der Waals surface area contributed by atoms with E-state index in [1.54, 1.807) is 31.3 Å². The van der Waals surface area contributed by atoms with Crippen molar-refractivity contribution in [3.8, 4) is 0 Å². The number of hydrogen-bond acceptors (Lipinski definition) is 11. The van der Waals surface area contributed by atoms with Crippen LogP contribution in [0.2, 0.25) is 0 Å². The molecule has 10 rings (SSSR count). The third-order valence-electron chi connectivity index (χ3n) is 12.9. The molecule has 17 heteroatoms. The van der Waals surface area contributed by atoms with Gasteiger partial charge in [-0.15, -0.1) is 5.10 Å². The molecule has 1 unspecified atom stereocenters. The number of hydrogen-bond donors (Lipinski definition) is 1. The van der Waals surface area contributed by atoms with Gasteiger partial charge in [0.25, 0.3) is 18.2 Å². The summed E-state index contributed by atoms with van der Waals surface area (Å²) < 4.78 is 32.1. The molecule has 59 heavy (non-hydrogen) atoms. The molecule has 6 aliphatic rings. The summed E-state index contributed by atoms with van der Waals surface area (Å²) in [5.74, 6) is -0.875. The first kappa shape index (κ1) is 37.0. The van der Waals surface area contributed by atoms with E-state index in [0.29, 0.717) is 75.1 Å². The molecule has 5 amide bonds. The van der Waals surface area contributed by atoms with Crippen LogP contribution in [-0.4, -0.2) is 98.1 Å². The maximum Gasteiger partial charge on any atom is 0.265 e. The fourth-order valence-corrected chi connectivity index (χ4v) is 9.85. The minimum atomic E-state index is -2.72. The van der Waals surface area contributed by atoms with Gasteiger partial charge in [0.2, 0.25) is 17.7 Å². The van der Waals surface area contributed by atoms with Gasteiger partial charge in [-0.2, -0.15) is 10.2 Å². The minimum Gasteiger partial charge on any atom is -0.371 e. The van der Waals surface area contributed by atoms with Crippen LogP contribution in [0.1, 0.15) is 100 Å². The van der Waals surface area contributed by atoms with E-state index >= 15 is 0 Å². The lowest BCUT2D eigenvalue weighted by atomic mass is 9.96. The molecular weight excluding hydrogens is 763 g/mol. The molecule has 0 saturated carbocycles. The van der Waals surface area contributed by atoms with Crippen molar-refractivity contribution in [2.24, 2.45) is 0 Å². The third kappa shape index (κ3) is 6.11. The number of fused-ring (bicyclic) bond motifs is 4. The quantitative estimate of drug-likeness (QED) is 0.273. The van der Waals surface area contributed by atoms with Gasteiger partial charge >= 0.3 is 0 Å². The number of halogens is 2. The second-order valence-electron chi connectivity index (χ2n) is 16.2. The number of imide groups is 2. The zero-order valence-electron chi connectivity index (χ0n) is 32.5. The van der Waals surface area contributed by atoms with Gasteiger partial charge in [-0.05, 0) is 80.5 Å². The van der Waals surface area contributed by atoms with E-state index in [2.05, 4.69) is 30.0 Å². The minimum absolute atomic E-state index is 0.0258. The largest absolute Gasteiger partial charge is 0.371 e. The number of carbonyl (C=O) groups is 5. The monoisotopic (exact) mass is 804 g/mol. The summed E-state index contributed by atoms with van der Waals surface area (Å²) in [6.07, 6.45) is 3.34. The Morgan fingerprint density at radius 2 is 1.61 bits per heavy atom. The standard InChI is InChI=1S/C42H42F2N10O5/c1-23(55)50-17-12-32-31(22-50)39(51-14-2-3-25-19-35(30(37(43)44)21-34(25)51)52-18-9-24-8-13-45-47-38(24)52)48-54(32)26-10-15-49(16-11-26)27-4-5-28-29(20-27)42(59)53(41(28)58)33-6-7-36(56)46-40(33)57/h4-5,8,13,19-21,26,33,37H,2-3,6-7,9-12,14-18,22H2,1H3,(H,46,56,57). The highest BCUT2D eigenvalue weighted by molar-refractivity contribution is 6.23. The lowest BCUT2D eigenvalue weighted by molar-refractivity contribution is -0.136. The number of aromatic nitrogens is 4. The second kappa shape index (κ2) is 14.2. The summed E-state index contributed by atoms with van der Waals surface area (Å²) in [5.41, 5.74) is 6.28. The van der Waals surface area contributed by atoms with Crippen LogP contribution in [0.4, 0.5) is 37.5 Å². The zero-order valence-corrected chi connectivity index (χ0v) is 32.5. The molecule has 15 nitrogen and oxygen atoms in total. The van der Waals surface area contributed by atoms with Gasteiger partial charge in [0, 0.05) is 86.2 Å². The number of alkyl halides is 2. The number of benzene rings is 2. The number of carbonyl (C=O) groups excluding carboxylic acids is 5. The number of piperidine rings is 2. The van der Waals surface area contributed by atoms with E-state index in [4.69, 9.17) is 5.10 Å². The SMILES string of the molecule is CC(=O)N1CCc2c(c(N3CCCc4cc(N5CCc6ccnnc65)c(C(F)F)cc43)nn2C2CCN(c3ccc4c(c3)C(=O)N(C3CCC(=O)NC3=O)C4=O)CC2)C1. The molecule has 4 aromatic rings. The Morgan fingerprint density at radius 3 is 2.39 bits per heavy atom. The number of nitrogens with one attached hydrogen (secondary N) is 1. The highest BCUT2D eigenvalue weighted by Crippen LogP contribution is 2.46. The Labute approximate surface area is 337 Å². The molecule has 6 aliphatic heterocycles. The molecule has 304 valence electrons. The van der Waals surface area contributed by atoms with Gasteiger partial charge in [-0.1, -0.05) is 0 Å². The van der Waals surface area contributed by atoms with E-state index in [1.807, 2.05) is 28.0 Å². The fraction of sp³-hybridized carbons (Fsp3) is 0.429. The van der Waals surface area contributed by atoms with Crippen molar-refractivity contribution in [3.05, 3.63) is 81.7 Å². The van der Waals surface area contributed by atoms with Crippen LogP contribution in [0.15, 0.2) is 42.6 Å². The average Bonchev–Trinajstić information content (AvgIpc) is 3.92. The summed E-state index contributed by atoms with van der Waals surface area (Å²) in [4.78, 5) is 72.7. The van der Waals surface area contributed by atoms with Crippen LogP contribution in [0.25, 0.3) is 0 Å². The van der Waals surface area contributed by atoms with Gasteiger partial charge < -0.3 is 19.6 Å². The van der Waals surface area contributed by atoms with Gasteiger partial charge in [0.15, 0.2) is 11.6 Å². The predicted molar refractivity (Wildman–Crippen MR) is 210 cm³/mol. The molecule has 0 bridgehead atoms. The molecule has 2 saturated heterocycles. The first-order chi connectivity index (χ1) is 28.5. The Morgan fingerprint density at radius 1 is 0.814 bits per heavy atom. The summed E-state index contributed by atoms with van der Waals surface area (Å²) in [6.45, 7) is 4.92. The lowest BCUT2D eigenvalue weighted by Gasteiger charge is -2.35. The number of anilines is 5. The van der Waals surface area contributed by atoms with Crippen molar-refractivity contribution >= 4 is 58.2 Å². The molecule has 2 aromatic carbocycles. The predicted octanol–water partition coefficient (Wildman–Crippen LogP) is 4.54. The van der Waals surface area contributed by atoms with E-state index in [-0.39, 0.29) is 41.5 Å². The maximum absolute atomic E-state index is 15.0. The molecule has 8 heterocycles. The normalized spacial score (nSPS) is 20.6. The lowest BCUT2D eigenvalue weighted by Crippen LogP contribution is -2.54. The summed E-state index contributed by atoms with van der Waals surface area (Å²) in [7, 11) is 0. The second-order valence-corrected chi connectivity index (χ2v) is 16.2. The average molecular weight is 805 g/mol. The van der Waals surface area contributed by atoms with Crippen molar-refractivity contribution in [2.75, 3.05) is 47.4 Å². The van der Waals surface area contributed by atoms with Crippen LogP contribution in [0.5, 0.6) is 0 Å². The molecule has 1 atom stereocenters. The Kier molecular flexibility index (Phi) is 8.94. The number of amides is 5. The number of rotatable bonds is 6. The van der Waals surface area contributed by atoms with E-state index < -0.39 is 36.1 Å².